The van der Waals surface area contributed by atoms with Gasteiger partial charge in [0.1, 0.15) is 11.5 Å². The Morgan fingerprint density at radius 3 is 2.40 bits per heavy atom. The lowest BCUT2D eigenvalue weighted by atomic mass is 10.1. The molecule has 0 fully saturated rings. The normalized spacial score (nSPS) is 13.7. The molecule has 0 spiro atoms. The standard InChI is InChI=1S/C29H18Cl2FN5OS2/c1-16(38)33-25-14-19(18-10-6-3-7-11-18)27(40-25)28-34-35-29-37(28)36-26(20-13-23(32)22(31)15-21(20)30)24(39-29)12-17-8-4-2-5-9-17/h2-15H,1H3,(H,33,38)/b24-12-. The lowest BCUT2D eigenvalue weighted by Gasteiger charge is -2.18. The Morgan fingerprint density at radius 1 is 0.950 bits per heavy atom. The number of allylic oxidation sites excluding steroid dienone is 1. The number of hydrogen-bond acceptors (Lipinski definition) is 6. The molecule has 0 aliphatic carbocycles. The molecule has 0 radical (unpaired) electrons. The van der Waals surface area contributed by atoms with Crippen molar-refractivity contribution in [3.8, 4) is 21.8 Å². The maximum absolute atomic E-state index is 14.7. The van der Waals surface area contributed by atoms with Gasteiger partial charge in [-0.05, 0) is 47.2 Å². The Hall–Kier alpha value is -3.76. The van der Waals surface area contributed by atoms with Gasteiger partial charge in [-0.2, -0.15) is 9.78 Å². The lowest BCUT2D eigenvalue weighted by molar-refractivity contribution is -0.114. The van der Waals surface area contributed by atoms with Crippen molar-refractivity contribution in [1.82, 2.24) is 14.9 Å². The van der Waals surface area contributed by atoms with E-state index in [1.807, 2.05) is 72.8 Å². The summed E-state index contributed by atoms with van der Waals surface area (Å²) >= 11 is 15.3. The average molecular weight is 607 g/mol. The number of carbonyl (C=O) groups is 1. The molecule has 3 heterocycles. The van der Waals surface area contributed by atoms with Gasteiger partial charge < -0.3 is 5.32 Å². The summed E-state index contributed by atoms with van der Waals surface area (Å²) in [6, 6.07) is 24.1. The summed E-state index contributed by atoms with van der Waals surface area (Å²) in [5, 5.41) is 18.1. The number of nitrogens with zero attached hydrogens (tertiary/aromatic N) is 4. The summed E-state index contributed by atoms with van der Waals surface area (Å²) in [6.45, 7) is 1.46. The van der Waals surface area contributed by atoms with Crippen molar-refractivity contribution >= 4 is 69.0 Å². The van der Waals surface area contributed by atoms with E-state index in [9.17, 15) is 9.18 Å². The maximum atomic E-state index is 14.7. The molecule has 1 N–H and O–H groups in total. The van der Waals surface area contributed by atoms with Crippen LogP contribution in [0.5, 0.6) is 0 Å². The zero-order valence-corrected chi connectivity index (χ0v) is 23.9. The molecule has 0 bridgehead atoms. The van der Waals surface area contributed by atoms with Crippen molar-refractivity contribution in [3.63, 3.8) is 0 Å². The fraction of sp³-hybridized carbons (Fsp3) is 0.0345. The van der Waals surface area contributed by atoms with Crippen molar-refractivity contribution < 1.29 is 9.18 Å². The summed E-state index contributed by atoms with van der Waals surface area (Å²) in [6.07, 6.45) is 1.94. The van der Waals surface area contributed by atoms with E-state index in [4.69, 9.17) is 28.3 Å². The predicted octanol–water partition coefficient (Wildman–Crippen LogP) is 8.48. The molecular formula is C29H18Cl2FN5OS2. The van der Waals surface area contributed by atoms with E-state index >= 15 is 0 Å². The molecule has 5 aromatic rings. The first-order valence-electron chi connectivity index (χ1n) is 12.0. The van der Waals surface area contributed by atoms with Gasteiger partial charge in [0, 0.05) is 23.0 Å². The van der Waals surface area contributed by atoms with E-state index in [1.54, 1.807) is 4.68 Å². The van der Waals surface area contributed by atoms with Crippen LogP contribution in [0.3, 0.4) is 0 Å². The summed E-state index contributed by atoms with van der Waals surface area (Å²) in [4.78, 5) is 13.3. The van der Waals surface area contributed by atoms with Crippen LogP contribution in [-0.2, 0) is 4.79 Å². The van der Waals surface area contributed by atoms with Gasteiger partial charge >= 0.3 is 0 Å². The molecule has 40 heavy (non-hydrogen) atoms. The number of benzene rings is 3. The third kappa shape index (κ3) is 5.21. The minimum atomic E-state index is -0.604. The zero-order valence-electron chi connectivity index (χ0n) is 20.7. The van der Waals surface area contributed by atoms with Crippen LogP contribution in [0, 0.1) is 5.82 Å². The highest BCUT2D eigenvalue weighted by atomic mass is 35.5. The quantitative estimate of drug-likeness (QED) is 0.204. The number of halogens is 3. The molecule has 0 saturated heterocycles. The van der Waals surface area contributed by atoms with E-state index in [2.05, 4.69) is 15.5 Å². The number of rotatable bonds is 5. The third-order valence-electron chi connectivity index (χ3n) is 5.93. The Labute approximate surface area is 247 Å². The highest BCUT2D eigenvalue weighted by Gasteiger charge is 2.29. The van der Waals surface area contributed by atoms with E-state index in [0.29, 0.717) is 27.3 Å². The monoisotopic (exact) mass is 605 g/mol. The number of anilines is 1. The second-order valence-electron chi connectivity index (χ2n) is 8.73. The molecule has 11 heteroatoms. The number of hydrogen-bond donors (Lipinski definition) is 1. The van der Waals surface area contributed by atoms with E-state index in [-0.39, 0.29) is 16.0 Å². The maximum Gasteiger partial charge on any atom is 0.221 e. The largest absolute Gasteiger partial charge is 0.318 e. The highest BCUT2D eigenvalue weighted by Crippen LogP contribution is 2.44. The van der Waals surface area contributed by atoms with Gasteiger partial charge in [-0.15, -0.1) is 21.5 Å². The van der Waals surface area contributed by atoms with E-state index in [1.165, 1.54) is 42.2 Å². The first-order chi connectivity index (χ1) is 19.4. The van der Waals surface area contributed by atoms with Gasteiger partial charge in [-0.25, -0.2) is 4.39 Å². The summed E-state index contributed by atoms with van der Waals surface area (Å²) in [7, 11) is 0. The van der Waals surface area contributed by atoms with Crippen LogP contribution in [0.4, 0.5) is 9.39 Å². The number of thiophene rings is 1. The second-order valence-corrected chi connectivity index (χ2v) is 11.6. The number of amides is 1. The molecule has 1 amide bonds. The van der Waals surface area contributed by atoms with Crippen LogP contribution in [0.15, 0.2) is 94.0 Å². The van der Waals surface area contributed by atoms with Crippen LogP contribution < -0.4 is 5.32 Å². The average Bonchev–Trinajstić information content (AvgIpc) is 3.54. The Kier molecular flexibility index (Phi) is 7.29. The highest BCUT2D eigenvalue weighted by molar-refractivity contribution is 8.04. The van der Waals surface area contributed by atoms with Gasteiger partial charge in [0.05, 0.1) is 19.9 Å². The number of aromatic nitrogens is 3. The molecule has 0 saturated carbocycles. The van der Waals surface area contributed by atoms with Gasteiger partial charge in [-0.3, -0.25) is 4.79 Å². The summed E-state index contributed by atoms with van der Waals surface area (Å²) in [5.41, 5.74) is 3.58. The number of nitrogens with one attached hydrogen (secondary N) is 1. The van der Waals surface area contributed by atoms with Crippen molar-refractivity contribution in [1.29, 1.82) is 0 Å². The SMILES string of the molecule is CC(=O)Nc1cc(-c2ccccc2)c(-c2nnc3n2N=C(c2cc(F)c(Cl)cc2Cl)/C(=C/c2ccccc2)S3)s1. The summed E-state index contributed by atoms with van der Waals surface area (Å²) < 4.78 is 16.3. The van der Waals surface area contributed by atoms with Crippen LogP contribution in [0.2, 0.25) is 10.0 Å². The van der Waals surface area contributed by atoms with Crippen LogP contribution in [-0.4, -0.2) is 26.5 Å². The van der Waals surface area contributed by atoms with Gasteiger partial charge in [0.15, 0.2) is 5.82 Å². The molecule has 6 rings (SSSR count). The van der Waals surface area contributed by atoms with Crippen molar-refractivity contribution in [2.75, 3.05) is 5.32 Å². The Morgan fingerprint density at radius 2 is 1.68 bits per heavy atom. The second kappa shape index (κ2) is 11.0. The van der Waals surface area contributed by atoms with Crippen LogP contribution in [0.1, 0.15) is 18.1 Å². The lowest BCUT2D eigenvalue weighted by Crippen LogP contribution is -2.13. The number of thioether (sulfide) groups is 1. The minimum Gasteiger partial charge on any atom is -0.318 e. The molecule has 0 unspecified atom stereocenters. The molecular weight excluding hydrogens is 588 g/mol. The first kappa shape index (κ1) is 26.5. The third-order valence-corrected chi connectivity index (χ3v) is 8.55. The van der Waals surface area contributed by atoms with E-state index in [0.717, 1.165) is 26.5 Å². The van der Waals surface area contributed by atoms with Crippen molar-refractivity contribution in [2.45, 2.75) is 12.1 Å². The van der Waals surface area contributed by atoms with Gasteiger partial charge in [0.25, 0.3) is 0 Å². The molecule has 0 atom stereocenters. The molecule has 198 valence electrons. The molecule has 6 nitrogen and oxygen atoms in total. The molecule has 1 aliphatic heterocycles. The van der Waals surface area contributed by atoms with Crippen LogP contribution in [0.25, 0.3) is 27.9 Å². The smallest absolute Gasteiger partial charge is 0.221 e. The Bertz CT molecular complexity index is 1820. The summed E-state index contributed by atoms with van der Waals surface area (Å²) in [5.74, 6) is -0.307. The van der Waals surface area contributed by atoms with Crippen molar-refractivity contribution in [3.05, 3.63) is 111 Å². The van der Waals surface area contributed by atoms with E-state index < -0.39 is 5.82 Å². The molecule has 1 aliphatic rings. The number of carbonyl (C=O) groups excluding carboxylic acids is 1. The zero-order chi connectivity index (χ0) is 27.8. The van der Waals surface area contributed by atoms with Crippen LogP contribution >= 0.6 is 46.3 Å². The minimum absolute atomic E-state index is 0.0753. The number of fused-ring (bicyclic) bond motifs is 1. The topological polar surface area (TPSA) is 72.2 Å². The first-order valence-corrected chi connectivity index (χ1v) is 14.4. The Balaban J connectivity index is 1.55. The fourth-order valence-corrected chi connectivity index (χ4v) is 6.67. The fourth-order valence-electron chi connectivity index (χ4n) is 4.17. The molecule has 3 aromatic carbocycles. The predicted molar refractivity (Wildman–Crippen MR) is 162 cm³/mol. The molecule has 2 aromatic heterocycles. The van der Waals surface area contributed by atoms with Crippen molar-refractivity contribution in [2.24, 2.45) is 5.10 Å². The van der Waals surface area contributed by atoms with Gasteiger partial charge in [-0.1, -0.05) is 83.9 Å². The van der Waals surface area contributed by atoms with Gasteiger partial charge in [0.2, 0.25) is 11.1 Å².